The fourth-order valence-corrected chi connectivity index (χ4v) is 7.05. The highest BCUT2D eigenvalue weighted by Crippen LogP contribution is 2.29. The van der Waals surface area contributed by atoms with Gasteiger partial charge < -0.3 is 10.2 Å². The minimum atomic E-state index is -4.15. The first-order valence-corrected chi connectivity index (χ1v) is 17.4. The number of hydrogen-bond acceptors (Lipinski definition) is 4. The summed E-state index contributed by atoms with van der Waals surface area (Å²) in [4.78, 5) is 30.0. The summed E-state index contributed by atoms with van der Waals surface area (Å²) in [6, 6.07) is 30.0. The van der Waals surface area contributed by atoms with Gasteiger partial charge in [-0.25, -0.2) is 8.42 Å². The van der Waals surface area contributed by atoms with Crippen LogP contribution in [0.15, 0.2) is 112 Å². The number of nitrogens with zero attached hydrogens (tertiary/aromatic N) is 2. The zero-order valence-electron chi connectivity index (χ0n) is 25.9. The second-order valence-electron chi connectivity index (χ2n) is 11.0. The van der Waals surface area contributed by atoms with E-state index in [1.165, 1.54) is 9.21 Å². The molecule has 0 aliphatic heterocycles. The minimum absolute atomic E-state index is 0.0897. The van der Waals surface area contributed by atoms with Crippen molar-refractivity contribution in [3.05, 3.63) is 130 Å². The molecule has 0 radical (unpaired) electrons. The Balaban J connectivity index is 1.82. The van der Waals surface area contributed by atoms with Crippen molar-refractivity contribution in [1.29, 1.82) is 0 Å². The first-order chi connectivity index (χ1) is 21.6. The van der Waals surface area contributed by atoms with Crippen LogP contribution in [-0.4, -0.2) is 44.3 Å². The number of amides is 2. The van der Waals surface area contributed by atoms with Crippen molar-refractivity contribution in [3.8, 4) is 0 Å². The SMILES string of the molecule is CCCNC(=O)C(Cc1ccccc1)N(Cc1cccc(Br)c1)C(=O)CN(c1ccccc1CC)S(=O)(=O)c1ccc(C)cc1. The highest BCUT2D eigenvalue weighted by atomic mass is 79.9. The topological polar surface area (TPSA) is 86.8 Å². The molecule has 7 nitrogen and oxygen atoms in total. The van der Waals surface area contributed by atoms with Gasteiger partial charge in [-0.05, 0) is 66.8 Å². The molecular formula is C36H40BrN3O4S. The van der Waals surface area contributed by atoms with Crippen molar-refractivity contribution >= 4 is 43.5 Å². The largest absolute Gasteiger partial charge is 0.354 e. The monoisotopic (exact) mass is 689 g/mol. The second-order valence-corrected chi connectivity index (χ2v) is 13.7. The van der Waals surface area contributed by atoms with Gasteiger partial charge in [0.2, 0.25) is 11.8 Å². The van der Waals surface area contributed by atoms with E-state index >= 15 is 0 Å². The molecule has 236 valence electrons. The Kier molecular flexibility index (Phi) is 12.0. The average molecular weight is 691 g/mol. The lowest BCUT2D eigenvalue weighted by Crippen LogP contribution is -2.53. The summed E-state index contributed by atoms with van der Waals surface area (Å²) in [6.45, 7) is 5.90. The average Bonchev–Trinajstić information content (AvgIpc) is 3.04. The number of carbonyl (C=O) groups excluding carboxylic acids is 2. The summed E-state index contributed by atoms with van der Waals surface area (Å²) in [5, 5.41) is 2.98. The first-order valence-electron chi connectivity index (χ1n) is 15.2. The van der Waals surface area contributed by atoms with Crippen LogP contribution in [0, 0.1) is 6.92 Å². The van der Waals surface area contributed by atoms with Crippen LogP contribution in [0.5, 0.6) is 0 Å². The van der Waals surface area contributed by atoms with E-state index in [-0.39, 0.29) is 23.8 Å². The van der Waals surface area contributed by atoms with Crippen molar-refractivity contribution in [2.75, 3.05) is 17.4 Å². The van der Waals surface area contributed by atoms with Crippen molar-refractivity contribution in [2.24, 2.45) is 0 Å². The Morgan fingerprint density at radius 2 is 1.51 bits per heavy atom. The molecule has 0 saturated heterocycles. The molecule has 0 bridgehead atoms. The summed E-state index contributed by atoms with van der Waals surface area (Å²) in [5.74, 6) is -0.768. The molecule has 0 heterocycles. The Morgan fingerprint density at radius 1 is 0.844 bits per heavy atom. The molecule has 0 aromatic heterocycles. The molecular weight excluding hydrogens is 650 g/mol. The lowest BCUT2D eigenvalue weighted by molar-refractivity contribution is -0.140. The molecule has 4 rings (SSSR count). The third-order valence-corrected chi connectivity index (χ3v) is 9.86. The Morgan fingerprint density at radius 3 is 2.18 bits per heavy atom. The highest BCUT2D eigenvalue weighted by molar-refractivity contribution is 9.10. The van der Waals surface area contributed by atoms with E-state index in [1.54, 1.807) is 36.4 Å². The smallest absolute Gasteiger partial charge is 0.264 e. The summed E-state index contributed by atoms with van der Waals surface area (Å²) in [6.07, 6.45) is 1.58. The van der Waals surface area contributed by atoms with Gasteiger partial charge in [0.1, 0.15) is 12.6 Å². The van der Waals surface area contributed by atoms with Crippen LogP contribution in [0.1, 0.15) is 42.5 Å². The summed E-state index contributed by atoms with van der Waals surface area (Å²) < 4.78 is 30.6. The molecule has 0 spiro atoms. The maximum absolute atomic E-state index is 14.6. The van der Waals surface area contributed by atoms with E-state index < -0.39 is 28.5 Å². The van der Waals surface area contributed by atoms with Crippen LogP contribution < -0.4 is 9.62 Å². The Hall–Kier alpha value is -3.95. The van der Waals surface area contributed by atoms with Crippen LogP contribution >= 0.6 is 15.9 Å². The molecule has 9 heteroatoms. The standard InChI is InChI=1S/C36H40BrN3O4S/c1-4-22-38-36(42)34(24-28-12-7-6-8-13-28)39(25-29-14-11-16-31(37)23-29)35(41)26-40(33-17-10-9-15-30(33)5-2)45(43,44)32-20-18-27(3)19-21-32/h6-21,23,34H,4-5,22,24-26H2,1-3H3,(H,38,42). The van der Waals surface area contributed by atoms with Crippen molar-refractivity contribution in [1.82, 2.24) is 10.2 Å². The van der Waals surface area contributed by atoms with Crippen molar-refractivity contribution in [3.63, 3.8) is 0 Å². The molecule has 2 amide bonds. The third kappa shape index (κ3) is 8.83. The van der Waals surface area contributed by atoms with Crippen LogP contribution in [-0.2, 0) is 39.0 Å². The van der Waals surface area contributed by atoms with Crippen molar-refractivity contribution in [2.45, 2.75) is 57.5 Å². The molecule has 4 aromatic rings. The fourth-order valence-electron chi connectivity index (χ4n) is 5.16. The van der Waals surface area contributed by atoms with Gasteiger partial charge in [0.15, 0.2) is 0 Å². The summed E-state index contributed by atoms with van der Waals surface area (Å²) >= 11 is 3.52. The van der Waals surface area contributed by atoms with E-state index in [0.29, 0.717) is 18.7 Å². The number of aryl methyl sites for hydroxylation is 2. The lowest BCUT2D eigenvalue weighted by Gasteiger charge is -2.34. The van der Waals surface area contributed by atoms with Gasteiger partial charge in [-0.2, -0.15) is 0 Å². The van der Waals surface area contributed by atoms with Gasteiger partial charge in [-0.3, -0.25) is 13.9 Å². The van der Waals surface area contributed by atoms with E-state index in [1.807, 2.05) is 87.5 Å². The number of rotatable bonds is 14. The molecule has 1 N–H and O–H groups in total. The molecule has 4 aromatic carbocycles. The van der Waals surface area contributed by atoms with Crippen LogP contribution in [0.3, 0.4) is 0 Å². The number of nitrogens with one attached hydrogen (secondary N) is 1. The number of sulfonamides is 1. The highest BCUT2D eigenvalue weighted by Gasteiger charge is 2.35. The van der Waals surface area contributed by atoms with Crippen molar-refractivity contribution < 1.29 is 18.0 Å². The van der Waals surface area contributed by atoms with Gasteiger partial charge in [0.25, 0.3) is 10.0 Å². The summed E-state index contributed by atoms with van der Waals surface area (Å²) in [5.41, 5.74) is 3.85. The first kappa shape index (κ1) is 33.9. The fraction of sp³-hybridized carbons (Fsp3) is 0.278. The minimum Gasteiger partial charge on any atom is -0.354 e. The zero-order valence-corrected chi connectivity index (χ0v) is 28.4. The molecule has 1 atom stereocenters. The maximum atomic E-state index is 14.6. The normalized spacial score (nSPS) is 11.9. The van der Waals surface area contributed by atoms with Gasteiger partial charge in [0.05, 0.1) is 10.6 Å². The van der Waals surface area contributed by atoms with Gasteiger partial charge in [-0.1, -0.05) is 108 Å². The van der Waals surface area contributed by atoms with E-state index in [2.05, 4.69) is 21.2 Å². The molecule has 0 aliphatic rings. The predicted molar refractivity (Wildman–Crippen MR) is 183 cm³/mol. The number of anilines is 1. The molecule has 0 saturated carbocycles. The number of halogens is 1. The Bertz CT molecular complexity index is 1700. The molecule has 1 unspecified atom stereocenters. The number of para-hydroxylation sites is 1. The van der Waals surface area contributed by atoms with Crippen LogP contribution in [0.2, 0.25) is 0 Å². The maximum Gasteiger partial charge on any atom is 0.264 e. The van der Waals surface area contributed by atoms with Crippen LogP contribution in [0.25, 0.3) is 0 Å². The van der Waals surface area contributed by atoms with Gasteiger partial charge >= 0.3 is 0 Å². The number of carbonyl (C=O) groups is 2. The van der Waals surface area contributed by atoms with Gasteiger partial charge in [0, 0.05) is 24.0 Å². The van der Waals surface area contributed by atoms with E-state index in [9.17, 15) is 18.0 Å². The Labute approximate surface area is 275 Å². The zero-order chi connectivity index (χ0) is 32.4. The summed E-state index contributed by atoms with van der Waals surface area (Å²) in [7, 11) is -4.15. The van der Waals surface area contributed by atoms with Gasteiger partial charge in [-0.15, -0.1) is 0 Å². The number of benzene rings is 4. The van der Waals surface area contributed by atoms with Crippen LogP contribution in [0.4, 0.5) is 5.69 Å². The number of hydrogen-bond donors (Lipinski definition) is 1. The van der Waals surface area contributed by atoms with E-state index in [4.69, 9.17) is 0 Å². The molecule has 45 heavy (non-hydrogen) atoms. The predicted octanol–water partition coefficient (Wildman–Crippen LogP) is 6.68. The second kappa shape index (κ2) is 15.9. The molecule has 0 fully saturated rings. The lowest BCUT2D eigenvalue weighted by atomic mass is 10.0. The quantitative estimate of drug-likeness (QED) is 0.160. The third-order valence-electron chi connectivity index (χ3n) is 7.59. The molecule has 0 aliphatic carbocycles. The van der Waals surface area contributed by atoms with E-state index in [0.717, 1.165) is 33.1 Å².